The molecule has 0 saturated carbocycles. The maximum atomic E-state index is 5.34. The lowest BCUT2D eigenvalue weighted by atomic mass is 10.4. The summed E-state index contributed by atoms with van der Waals surface area (Å²) in [6, 6.07) is 0. The summed E-state index contributed by atoms with van der Waals surface area (Å²) in [7, 11) is 2.06. The average molecular weight is 140 g/mol. The maximum absolute atomic E-state index is 5.34. The van der Waals surface area contributed by atoms with E-state index >= 15 is 0 Å². The molecule has 0 spiro atoms. The lowest BCUT2D eigenvalue weighted by Gasteiger charge is -2.10. The molecule has 0 amide bonds. The summed E-state index contributed by atoms with van der Waals surface area (Å²) >= 11 is 0. The predicted molar refractivity (Wildman–Crippen MR) is 44.6 cm³/mol. The van der Waals surface area contributed by atoms with Crippen LogP contribution in [0.3, 0.4) is 0 Å². The first-order chi connectivity index (χ1) is 4.81. The topological polar surface area (TPSA) is 29.3 Å². The van der Waals surface area contributed by atoms with Crippen molar-refractivity contribution in [2.75, 3.05) is 26.7 Å². The lowest BCUT2D eigenvalue weighted by Crippen LogP contribution is -2.21. The second-order valence-electron chi connectivity index (χ2n) is 2.31. The van der Waals surface area contributed by atoms with E-state index in [9.17, 15) is 0 Å². The van der Waals surface area contributed by atoms with E-state index < -0.39 is 0 Å². The molecule has 0 aromatic carbocycles. The SMILES string of the molecule is CC#CCN(C)CCCN. The lowest BCUT2D eigenvalue weighted by molar-refractivity contribution is 0.372. The summed E-state index contributed by atoms with van der Waals surface area (Å²) in [6.07, 6.45) is 1.06. The Balaban J connectivity index is 3.21. The summed E-state index contributed by atoms with van der Waals surface area (Å²) in [6.45, 7) is 4.53. The minimum atomic E-state index is 0.768. The molecule has 0 aliphatic carbocycles. The Morgan fingerprint density at radius 3 is 2.70 bits per heavy atom. The third-order valence-corrected chi connectivity index (χ3v) is 1.27. The molecule has 0 atom stereocenters. The fourth-order valence-electron chi connectivity index (χ4n) is 0.654. The van der Waals surface area contributed by atoms with Crippen molar-refractivity contribution in [2.24, 2.45) is 5.73 Å². The summed E-state index contributed by atoms with van der Waals surface area (Å²) in [5.41, 5.74) is 5.34. The van der Waals surface area contributed by atoms with Crippen LogP contribution in [0.25, 0.3) is 0 Å². The smallest absolute Gasteiger partial charge is 0.0598 e. The van der Waals surface area contributed by atoms with Crippen molar-refractivity contribution in [1.29, 1.82) is 0 Å². The first-order valence-electron chi connectivity index (χ1n) is 3.59. The van der Waals surface area contributed by atoms with Crippen LogP contribution in [0.5, 0.6) is 0 Å². The monoisotopic (exact) mass is 140 g/mol. The Bertz CT molecular complexity index is 121. The van der Waals surface area contributed by atoms with E-state index in [0.29, 0.717) is 0 Å². The fourth-order valence-corrected chi connectivity index (χ4v) is 0.654. The molecule has 0 rings (SSSR count). The second-order valence-corrected chi connectivity index (χ2v) is 2.31. The number of rotatable bonds is 4. The molecule has 0 fully saturated rings. The van der Waals surface area contributed by atoms with E-state index in [1.165, 1.54) is 0 Å². The van der Waals surface area contributed by atoms with Crippen LogP contribution < -0.4 is 5.73 Å². The molecule has 0 aliphatic rings. The molecule has 2 heteroatoms. The van der Waals surface area contributed by atoms with Crippen LogP contribution in [0.1, 0.15) is 13.3 Å². The van der Waals surface area contributed by atoms with Gasteiger partial charge in [0.05, 0.1) is 6.54 Å². The van der Waals surface area contributed by atoms with E-state index in [1.807, 2.05) is 6.92 Å². The molecule has 58 valence electrons. The summed E-state index contributed by atoms with van der Waals surface area (Å²) in [5.74, 6) is 5.84. The molecule has 0 aromatic heterocycles. The number of nitrogens with two attached hydrogens (primary N) is 1. The summed E-state index contributed by atoms with van der Waals surface area (Å²) < 4.78 is 0. The molecular formula is C8H16N2. The molecule has 0 radical (unpaired) electrons. The van der Waals surface area contributed by atoms with Gasteiger partial charge in [0.1, 0.15) is 0 Å². The molecule has 0 saturated heterocycles. The van der Waals surface area contributed by atoms with Crippen molar-refractivity contribution >= 4 is 0 Å². The highest BCUT2D eigenvalue weighted by Gasteiger charge is 1.91. The van der Waals surface area contributed by atoms with Gasteiger partial charge in [-0.15, -0.1) is 5.92 Å². The Morgan fingerprint density at radius 1 is 1.50 bits per heavy atom. The van der Waals surface area contributed by atoms with Crippen LogP contribution in [0, 0.1) is 11.8 Å². The Labute approximate surface area is 63.4 Å². The van der Waals surface area contributed by atoms with Crippen molar-refractivity contribution in [3.63, 3.8) is 0 Å². The van der Waals surface area contributed by atoms with Gasteiger partial charge in [0.15, 0.2) is 0 Å². The van der Waals surface area contributed by atoms with Crippen LogP contribution in [0.4, 0.5) is 0 Å². The van der Waals surface area contributed by atoms with E-state index in [0.717, 1.165) is 26.1 Å². The van der Waals surface area contributed by atoms with Crippen molar-refractivity contribution in [2.45, 2.75) is 13.3 Å². The molecule has 2 N–H and O–H groups in total. The van der Waals surface area contributed by atoms with E-state index in [2.05, 4.69) is 23.8 Å². The van der Waals surface area contributed by atoms with E-state index in [4.69, 9.17) is 5.73 Å². The number of hydrogen-bond donors (Lipinski definition) is 1. The van der Waals surface area contributed by atoms with Crippen LogP contribution >= 0.6 is 0 Å². The van der Waals surface area contributed by atoms with Gasteiger partial charge in [0.2, 0.25) is 0 Å². The van der Waals surface area contributed by atoms with Crippen molar-refractivity contribution in [3.05, 3.63) is 0 Å². The van der Waals surface area contributed by atoms with E-state index in [1.54, 1.807) is 0 Å². The van der Waals surface area contributed by atoms with Gasteiger partial charge in [-0.1, -0.05) is 5.92 Å². The third kappa shape index (κ3) is 5.61. The van der Waals surface area contributed by atoms with Crippen molar-refractivity contribution in [3.8, 4) is 11.8 Å². The molecule has 10 heavy (non-hydrogen) atoms. The minimum Gasteiger partial charge on any atom is -0.330 e. The van der Waals surface area contributed by atoms with E-state index in [-0.39, 0.29) is 0 Å². The predicted octanol–water partition coefficient (Wildman–Crippen LogP) is 0.290. The Kier molecular flexibility index (Phi) is 6.25. The number of hydrogen-bond acceptors (Lipinski definition) is 2. The summed E-state index contributed by atoms with van der Waals surface area (Å²) in [4.78, 5) is 2.17. The van der Waals surface area contributed by atoms with Gasteiger partial charge in [0, 0.05) is 0 Å². The standard InChI is InChI=1S/C8H16N2/c1-3-4-7-10(2)8-5-6-9/h5-9H2,1-2H3. The van der Waals surface area contributed by atoms with Gasteiger partial charge in [-0.3, -0.25) is 4.90 Å². The normalized spacial score (nSPS) is 9.20. The summed E-state index contributed by atoms with van der Waals surface area (Å²) in [5, 5.41) is 0. The fraction of sp³-hybridized carbons (Fsp3) is 0.750. The molecule has 0 bridgehead atoms. The zero-order valence-electron chi connectivity index (χ0n) is 6.85. The van der Waals surface area contributed by atoms with Crippen molar-refractivity contribution in [1.82, 2.24) is 4.90 Å². The highest BCUT2D eigenvalue weighted by molar-refractivity contribution is 4.97. The van der Waals surface area contributed by atoms with Crippen LogP contribution in [-0.4, -0.2) is 31.6 Å². The molecule has 0 unspecified atom stereocenters. The Hall–Kier alpha value is -0.520. The van der Waals surface area contributed by atoms with Gasteiger partial charge in [-0.25, -0.2) is 0 Å². The zero-order valence-corrected chi connectivity index (χ0v) is 6.85. The van der Waals surface area contributed by atoms with Gasteiger partial charge in [-0.05, 0) is 33.5 Å². The first kappa shape index (κ1) is 9.48. The highest BCUT2D eigenvalue weighted by Crippen LogP contribution is 1.82. The van der Waals surface area contributed by atoms with Gasteiger partial charge in [0.25, 0.3) is 0 Å². The first-order valence-corrected chi connectivity index (χ1v) is 3.59. The molecule has 0 aliphatic heterocycles. The van der Waals surface area contributed by atoms with Crippen molar-refractivity contribution < 1.29 is 0 Å². The second kappa shape index (κ2) is 6.60. The minimum absolute atomic E-state index is 0.768. The Morgan fingerprint density at radius 2 is 2.20 bits per heavy atom. The van der Waals surface area contributed by atoms with Gasteiger partial charge >= 0.3 is 0 Å². The van der Waals surface area contributed by atoms with Gasteiger partial charge in [-0.2, -0.15) is 0 Å². The van der Waals surface area contributed by atoms with Crippen LogP contribution in [0.15, 0.2) is 0 Å². The van der Waals surface area contributed by atoms with Gasteiger partial charge < -0.3 is 5.73 Å². The molecule has 0 aromatic rings. The molecular weight excluding hydrogens is 124 g/mol. The largest absolute Gasteiger partial charge is 0.330 e. The molecule has 0 heterocycles. The highest BCUT2D eigenvalue weighted by atomic mass is 15.1. The maximum Gasteiger partial charge on any atom is 0.0598 e. The quantitative estimate of drug-likeness (QED) is 0.569. The third-order valence-electron chi connectivity index (χ3n) is 1.27. The van der Waals surface area contributed by atoms with Crippen LogP contribution in [0.2, 0.25) is 0 Å². The van der Waals surface area contributed by atoms with Crippen LogP contribution in [-0.2, 0) is 0 Å². The molecule has 2 nitrogen and oxygen atoms in total. The zero-order chi connectivity index (χ0) is 7.82. The number of nitrogens with zero attached hydrogens (tertiary/aromatic N) is 1. The average Bonchev–Trinajstić information content (AvgIpc) is 1.97.